The highest BCUT2D eigenvalue weighted by Crippen LogP contribution is 2.27. The van der Waals surface area contributed by atoms with Crippen molar-refractivity contribution in [2.24, 2.45) is 17.6 Å². The van der Waals surface area contributed by atoms with E-state index < -0.39 is 0 Å². The molecule has 1 fully saturated rings. The number of carbonyl (C=O) groups is 1. The van der Waals surface area contributed by atoms with Gasteiger partial charge in [0, 0.05) is 18.6 Å². The molecule has 4 unspecified atom stereocenters. The van der Waals surface area contributed by atoms with Crippen LogP contribution in [0.5, 0.6) is 0 Å². The third-order valence-corrected chi connectivity index (χ3v) is 4.22. The van der Waals surface area contributed by atoms with Crippen molar-refractivity contribution in [2.75, 3.05) is 20.2 Å². The second-order valence-corrected chi connectivity index (χ2v) is 5.21. The zero-order valence-electron chi connectivity index (χ0n) is 11.5. The molecule has 4 heteroatoms. The SMILES string of the molecule is COC(=O)C(C)C(C)N1CCCC(C)C1CN. The van der Waals surface area contributed by atoms with E-state index in [0.717, 1.165) is 6.54 Å². The van der Waals surface area contributed by atoms with Gasteiger partial charge in [-0.2, -0.15) is 0 Å². The summed E-state index contributed by atoms with van der Waals surface area (Å²) in [6, 6.07) is 0.588. The summed E-state index contributed by atoms with van der Waals surface area (Å²) in [6.07, 6.45) is 2.42. The lowest BCUT2D eigenvalue weighted by Gasteiger charge is -2.44. The average Bonchev–Trinajstić information content (AvgIpc) is 2.35. The van der Waals surface area contributed by atoms with E-state index in [2.05, 4.69) is 18.7 Å². The molecule has 0 aromatic carbocycles. The maximum atomic E-state index is 11.6. The average molecular weight is 242 g/mol. The van der Waals surface area contributed by atoms with Crippen molar-refractivity contribution < 1.29 is 9.53 Å². The fourth-order valence-corrected chi connectivity index (χ4v) is 2.82. The molecule has 17 heavy (non-hydrogen) atoms. The number of nitrogens with zero attached hydrogens (tertiary/aromatic N) is 1. The van der Waals surface area contributed by atoms with Gasteiger partial charge in [0.15, 0.2) is 0 Å². The first-order chi connectivity index (χ1) is 8.02. The minimum Gasteiger partial charge on any atom is -0.469 e. The Labute approximate surface area is 104 Å². The highest BCUT2D eigenvalue weighted by Gasteiger charge is 2.34. The van der Waals surface area contributed by atoms with Crippen LogP contribution in [0.1, 0.15) is 33.6 Å². The number of rotatable bonds is 4. The van der Waals surface area contributed by atoms with E-state index in [-0.39, 0.29) is 17.9 Å². The monoisotopic (exact) mass is 242 g/mol. The molecule has 1 aliphatic rings. The third-order valence-electron chi connectivity index (χ3n) is 4.22. The molecule has 1 rings (SSSR count). The molecule has 1 saturated heterocycles. The first-order valence-electron chi connectivity index (χ1n) is 6.56. The van der Waals surface area contributed by atoms with Crippen LogP contribution in [0.25, 0.3) is 0 Å². The molecular formula is C13H26N2O2. The topological polar surface area (TPSA) is 55.6 Å². The number of methoxy groups -OCH3 is 1. The first kappa shape index (κ1) is 14.5. The molecule has 0 aromatic rings. The molecule has 0 amide bonds. The van der Waals surface area contributed by atoms with Crippen LogP contribution in [-0.4, -0.2) is 43.2 Å². The van der Waals surface area contributed by atoms with Crippen molar-refractivity contribution in [3.63, 3.8) is 0 Å². The molecule has 0 bridgehead atoms. The van der Waals surface area contributed by atoms with Gasteiger partial charge in [-0.3, -0.25) is 9.69 Å². The Morgan fingerprint density at radius 3 is 2.71 bits per heavy atom. The van der Waals surface area contributed by atoms with E-state index in [1.54, 1.807) is 0 Å². The molecular weight excluding hydrogens is 216 g/mol. The van der Waals surface area contributed by atoms with Crippen molar-refractivity contribution in [1.29, 1.82) is 0 Å². The molecule has 4 atom stereocenters. The summed E-state index contributed by atoms with van der Waals surface area (Å²) in [5.41, 5.74) is 5.87. The van der Waals surface area contributed by atoms with Crippen LogP contribution in [0.15, 0.2) is 0 Å². The summed E-state index contributed by atoms with van der Waals surface area (Å²) in [4.78, 5) is 14.0. The van der Waals surface area contributed by atoms with Crippen LogP contribution >= 0.6 is 0 Å². The number of piperidine rings is 1. The molecule has 0 aliphatic carbocycles. The van der Waals surface area contributed by atoms with Crippen molar-refractivity contribution in [3.8, 4) is 0 Å². The van der Waals surface area contributed by atoms with Crippen molar-refractivity contribution in [2.45, 2.75) is 45.7 Å². The number of likely N-dealkylation sites (tertiary alicyclic amines) is 1. The number of esters is 1. The third kappa shape index (κ3) is 3.19. The Bertz CT molecular complexity index is 258. The van der Waals surface area contributed by atoms with E-state index in [1.165, 1.54) is 20.0 Å². The fraction of sp³-hybridized carbons (Fsp3) is 0.923. The van der Waals surface area contributed by atoms with Crippen molar-refractivity contribution >= 4 is 5.97 Å². The smallest absolute Gasteiger partial charge is 0.309 e. The van der Waals surface area contributed by atoms with Crippen molar-refractivity contribution in [1.82, 2.24) is 4.90 Å². The standard InChI is InChI=1S/C13H26N2O2/c1-9-6-5-7-15(12(9)8-14)11(3)10(2)13(16)17-4/h9-12H,5-8,14H2,1-4H3. The molecule has 0 radical (unpaired) electrons. The normalized spacial score (nSPS) is 29.7. The van der Waals surface area contributed by atoms with Crippen LogP contribution in [0.3, 0.4) is 0 Å². The lowest BCUT2D eigenvalue weighted by atomic mass is 9.87. The Morgan fingerprint density at radius 1 is 1.53 bits per heavy atom. The number of carbonyl (C=O) groups excluding carboxylic acids is 1. The first-order valence-corrected chi connectivity index (χ1v) is 6.56. The van der Waals surface area contributed by atoms with Crippen molar-refractivity contribution in [3.05, 3.63) is 0 Å². The maximum Gasteiger partial charge on any atom is 0.309 e. The lowest BCUT2D eigenvalue weighted by molar-refractivity contribution is -0.147. The summed E-state index contributed by atoms with van der Waals surface area (Å²) in [6.45, 7) is 7.99. The van der Waals surface area contributed by atoms with E-state index in [9.17, 15) is 4.79 Å². The second kappa shape index (κ2) is 6.36. The fourth-order valence-electron chi connectivity index (χ4n) is 2.82. The van der Waals surface area contributed by atoms with Gasteiger partial charge in [0.25, 0.3) is 0 Å². The highest BCUT2D eigenvalue weighted by molar-refractivity contribution is 5.72. The van der Waals surface area contributed by atoms with Crippen LogP contribution in [-0.2, 0) is 9.53 Å². The summed E-state index contributed by atoms with van der Waals surface area (Å²) >= 11 is 0. The maximum absolute atomic E-state index is 11.6. The summed E-state index contributed by atoms with van der Waals surface area (Å²) in [5.74, 6) is 0.381. The van der Waals surface area contributed by atoms with Gasteiger partial charge in [-0.15, -0.1) is 0 Å². The highest BCUT2D eigenvalue weighted by atomic mass is 16.5. The van der Waals surface area contributed by atoms with Gasteiger partial charge in [0.2, 0.25) is 0 Å². The Balaban J connectivity index is 2.71. The molecule has 100 valence electrons. The quantitative estimate of drug-likeness (QED) is 0.754. The minimum atomic E-state index is -0.133. The summed E-state index contributed by atoms with van der Waals surface area (Å²) in [7, 11) is 1.45. The summed E-state index contributed by atoms with van der Waals surface area (Å²) < 4.78 is 4.82. The van der Waals surface area contributed by atoms with E-state index in [0.29, 0.717) is 18.5 Å². The number of nitrogens with two attached hydrogens (primary N) is 1. The predicted molar refractivity (Wildman–Crippen MR) is 68.6 cm³/mol. The molecule has 4 nitrogen and oxygen atoms in total. The van der Waals surface area contributed by atoms with Gasteiger partial charge in [-0.05, 0) is 32.2 Å². The minimum absolute atomic E-state index is 0.0978. The molecule has 1 aliphatic heterocycles. The Morgan fingerprint density at radius 2 is 2.18 bits per heavy atom. The van der Waals surface area contributed by atoms with Crippen LogP contribution in [0.4, 0.5) is 0 Å². The van der Waals surface area contributed by atoms with Gasteiger partial charge >= 0.3 is 5.97 Å². The molecule has 0 aromatic heterocycles. The van der Waals surface area contributed by atoms with Gasteiger partial charge in [-0.1, -0.05) is 13.8 Å². The predicted octanol–water partition coefficient (Wildman–Crippen LogP) is 1.24. The van der Waals surface area contributed by atoms with Gasteiger partial charge < -0.3 is 10.5 Å². The largest absolute Gasteiger partial charge is 0.469 e. The van der Waals surface area contributed by atoms with E-state index >= 15 is 0 Å². The number of ether oxygens (including phenoxy) is 1. The van der Waals surface area contributed by atoms with Gasteiger partial charge in [0.05, 0.1) is 13.0 Å². The molecule has 1 heterocycles. The van der Waals surface area contributed by atoms with E-state index in [1.807, 2.05) is 6.92 Å². The Hall–Kier alpha value is -0.610. The lowest BCUT2D eigenvalue weighted by Crippen LogP contribution is -2.54. The number of hydrogen-bond donors (Lipinski definition) is 1. The van der Waals surface area contributed by atoms with Gasteiger partial charge in [-0.25, -0.2) is 0 Å². The Kier molecular flexibility index (Phi) is 5.40. The molecule has 0 saturated carbocycles. The second-order valence-electron chi connectivity index (χ2n) is 5.21. The van der Waals surface area contributed by atoms with Crippen LogP contribution in [0, 0.1) is 11.8 Å². The zero-order chi connectivity index (χ0) is 13.0. The molecule has 2 N–H and O–H groups in total. The van der Waals surface area contributed by atoms with Crippen LogP contribution in [0.2, 0.25) is 0 Å². The molecule has 0 spiro atoms. The van der Waals surface area contributed by atoms with Crippen LogP contribution < -0.4 is 5.73 Å². The zero-order valence-corrected chi connectivity index (χ0v) is 11.5. The summed E-state index contributed by atoms with van der Waals surface area (Å²) in [5, 5.41) is 0. The number of hydrogen-bond acceptors (Lipinski definition) is 4. The van der Waals surface area contributed by atoms with Gasteiger partial charge in [0.1, 0.15) is 0 Å². The van der Waals surface area contributed by atoms with E-state index in [4.69, 9.17) is 10.5 Å².